The molecule has 3 unspecified atom stereocenters. The molecule has 0 aromatic heterocycles. The molecule has 0 saturated carbocycles. The Labute approximate surface area is 594 Å². The summed E-state index contributed by atoms with van der Waals surface area (Å²) in [5, 5.41) is 10.6. The van der Waals surface area contributed by atoms with Crippen LogP contribution < -0.4 is 0 Å². The molecule has 576 valence electrons. The van der Waals surface area contributed by atoms with E-state index in [1.54, 1.807) is 0 Å². The van der Waals surface area contributed by atoms with Crippen molar-refractivity contribution in [2.75, 3.05) is 39.6 Å². The van der Waals surface area contributed by atoms with Gasteiger partial charge in [-0.2, -0.15) is 0 Å². The van der Waals surface area contributed by atoms with Gasteiger partial charge >= 0.3 is 39.5 Å². The first-order valence-electron chi connectivity index (χ1n) is 40.2. The molecule has 17 nitrogen and oxygen atoms in total. The number of carbonyl (C=O) groups excluding carboxylic acids is 4. The number of phosphoric ester groups is 2. The molecule has 0 radical (unpaired) electrons. The van der Waals surface area contributed by atoms with Gasteiger partial charge < -0.3 is 33.8 Å². The van der Waals surface area contributed by atoms with Crippen molar-refractivity contribution in [3.63, 3.8) is 0 Å². The van der Waals surface area contributed by atoms with Crippen molar-refractivity contribution in [3.05, 3.63) is 0 Å². The number of esters is 4. The van der Waals surface area contributed by atoms with E-state index < -0.39 is 97.5 Å². The highest BCUT2D eigenvalue weighted by molar-refractivity contribution is 7.47. The van der Waals surface area contributed by atoms with Crippen LogP contribution in [-0.2, 0) is 65.4 Å². The molecule has 0 aromatic carbocycles. The second kappa shape index (κ2) is 67.2. The predicted molar refractivity (Wildman–Crippen MR) is 395 cm³/mol. The van der Waals surface area contributed by atoms with Gasteiger partial charge in [0.05, 0.1) is 26.4 Å². The standard InChI is InChI=1S/C78H152O17P2/c1-9-71(8)57-49-41-35-37-43-51-59-76(81)89-65-73(94-77(82)60-52-44-33-29-25-21-17-13-11-15-19-23-27-31-39-47-55-69(4)5)66-92-96(84,85)90-62-72(79)63-91-97(86,87)93-67-74(95-78(83)61-53-45-36-34-40-48-56-70(6)7)64-88-75(80)58-50-42-32-28-24-20-16-12-10-14-18-22-26-30-38-46-54-68(2)3/h68-74,79H,9-67H2,1-8H3,(H,84,85)(H,86,87)/t71?,72-,73+,74+/m0/s1. The maximum absolute atomic E-state index is 13.1. The van der Waals surface area contributed by atoms with Crippen molar-refractivity contribution in [2.24, 2.45) is 23.7 Å². The fourth-order valence-electron chi connectivity index (χ4n) is 11.9. The average Bonchev–Trinajstić information content (AvgIpc) is 2.09. The lowest BCUT2D eigenvalue weighted by Gasteiger charge is -2.21. The number of aliphatic hydroxyl groups excluding tert-OH is 1. The van der Waals surface area contributed by atoms with Gasteiger partial charge in [-0.3, -0.25) is 37.3 Å². The topological polar surface area (TPSA) is 237 Å². The molecule has 0 aliphatic heterocycles. The number of aliphatic hydroxyl groups is 1. The third-order valence-corrected chi connectivity index (χ3v) is 20.3. The van der Waals surface area contributed by atoms with Gasteiger partial charge in [0.1, 0.15) is 19.3 Å². The maximum atomic E-state index is 13.1. The SMILES string of the molecule is CCC(C)CCCCCCCCC(=O)OC[C@H](COP(=O)(O)OC[C@H](O)COP(=O)(O)OC[C@@H](COC(=O)CCCCCCCCCCCCCCCCCCC(C)C)OC(=O)CCCCCCCCC(C)C)OC(=O)CCCCCCCCCCCCCCCCCCC(C)C. The van der Waals surface area contributed by atoms with Gasteiger partial charge in [-0.1, -0.05) is 344 Å². The molecule has 0 spiro atoms. The number of phosphoric acid groups is 2. The normalized spacial score (nSPS) is 14.4. The summed E-state index contributed by atoms with van der Waals surface area (Å²) in [5.74, 6) is 0.897. The lowest BCUT2D eigenvalue weighted by molar-refractivity contribution is -0.161. The minimum atomic E-state index is -4.96. The highest BCUT2D eigenvalue weighted by Gasteiger charge is 2.30. The van der Waals surface area contributed by atoms with E-state index in [2.05, 4.69) is 55.4 Å². The lowest BCUT2D eigenvalue weighted by Crippen LogP contribution is -2.30. The number of ether oxygens (including phenoxy) is 4. The number of hydrogen-bond acceptors (Lipinski definition) is 15. The Morgan fingerprint density at radius 3 is 0.732 bits per heavy atom. The fourth-order valence-corrected chi connectivity index (χ4v) is 13.5. The van der Waals surface area contributed by atoms with Crippen molar-refractivity contribution in [1.29, 1.82) is 0 Å². The van der Waals surface area contributed by atoms with Gasteiger partial charge in [0, 0.05) is 25.7 Å². The Morgan fingerprint density at radius 2 is 0.495 bits per heavy atom. The van der Waals surface area contributed by atoms with E-state index in [9.17, 15) is 43.2 Å². The van der Waals surface area contributed by atoms with Gasteiger partial charge in [-0.25, -0.2) is 9.13 Å². The zero-order valence-corrected chi connectivity index (χ0v) is 65.5. The molecular weight excluding hydrogens is 1270 g/mol. The lowest BCUT2D eigenvalue weighted by atomic mass is 10.00. The van der Waals surface area contributed by atoms with Crippen molar-refractivity contribution in [2.45, 2.75) is 414 Å². The van der Waals surface area contributed by atoms with E-state index in [-0.39, 0.29) is 25.7 Å². The summed E-state index contributed by atoms with van der Waals surface area (Å²) < 4.78 is 68.5. The molecule has 0 aromatic rings. The van der Waals surface area contributed by atoms with Gasteiger partial charge in [-0.15, -0.1) is 0 Å². The summed E-state index contributed by atoms with van der Waals surface area (Å²) in [6.45, 7) is 14.1. The maximum Gasteiger partial charge on any atom is 0.472 e. The molecule has 0 bridgehead atoms. The van der Waals surface area contributed by atoms with Gasteiger partial charge in [0.15, 0.2) is 12.2 Å². The summed E-state index contributed by atoms with van der Waals surface area (Å²) in [5.41, 5.74) is 0. The van der Waals surface area contributed by atoms with E-state index in [4.69, 9.17) is 37.0 Å². The van der Waals surface area contributed by atoms with Crippen LogP contribution in [0.15, 0.2) is 0 Å². The summed E-state index contributed by atoms with van der Waals surface area (Å²) in [6.07, 6.45) is 53.1. The van der Waals surface area contributed by atoms with Crippen LogP contribution >= 0.6 is 15.6 Å². The van der Waals surface area contributed by atoms with Crippen molar-refractivity contribution < 1.29 is 80.2 Å². The van der Waals surface area contributed by atoms with E-state index in [1.807, 2.05) is 0 Å². The molecule has 19 heteroatoms. The van der Waals surface area contributed by atoms with Crippen LogP contribution in [0.3, 0.4) is 0 Å². The fraction of sp³-hybridized carbons (Fsp3) is 0.949. The van der Waals surface area contributed by atoms with Gasteiger partial charge in [0.25, 0.3) is 0 Å². The van der Waals surface area contributed by atoms with Crippen molar-refractivity contribution in [3.8, 4) is 0 Å². The minimum absolute atomic E-state index is 0.102. The number of rotatable bonds is 75. The van der Waals surface area contributed by atoms with Gasteiger partial charge in [0.2, 0.25) is 0 Å². The zero-order valence-electron chi connectivity index (χ0n) is 63.7. The smallest absolute Gasteiger partial charge is 0.462 e. The van der Waals surface area contributed by atoms with Crippen LogP contribution in [0.4, 0.5) is 0 Å². The first-order chi connectivity index (χ1) is 46.6. The molecule has 6 atom stereocenters. The Bertz CT molecular complexity index is 1900. The Kier molecular flexibility index (Phi) is 65.9. The highest BCUT2D eigenvalue weighted by atomic mass is 31.2. The average molecular weight is 1420 g/mol. The van der Waals surface area contributed by atoms with Crippen LogP contribution in [-0.4, -0.2) is 96.7 Å². The molecule has 0 fully saturated rings. The van der Waals surface area contributed by atoms with Crippen LogP contribution in [0, 0.1) is 23.7 Å². The van der Waals surface area contributed by atoms with E-state index >= 15 is 0 Å². The second-order valence-electron chi connectivity index (χ2n) is 29.8. The Morgan fingerprint density at radius 1 is 0.289 bits per heavy atom. The summed E-state index contributed by atoms with van der Waals surface area (Å²) in [4.78, 5) is 72.8. The van der Waals surface area contributed by atoms with E-state index in [1.165, 1.54) is 193 Å². The molecular formula is C78H152O17P2. The second-order valence-corrected chi connectivity index (χ2v) is 32.7. The summed E-state index contributed by atoms with van der Waals surface area (Å²) in [6, 6.07) is 0. The first-order valence-corrected chi connectivity index (χ1v) is 43.2. The third kappa shape index (κ3) is 70.9. The van der Waals surface area contributed by atoms with Crippen molar-refractivity contribution in [1.82, 2.24) is 0 Å². The number of hydrogen-bond donors (Lipinski definition) is 3. The van der Waals surface area contributed by atoms with Gasteiger partial charge in [-0.05, 0) is 49.4 Å². The van der Waals surface area contributed by atoms with Crippen LogP contribution in [0.2, 0.25) is 0 Å². The quantitative estimate of drug-likeness (QED) is 0.0222. The molecule has 0 aliphatic carbocycles. The zero-order chi connectivity index (χ0) is 71.7. The number of carbonyl (C=O) groups is 4. The van der Waals surface area contributed by atoms with Crippen molar-refractivity contribution >= 4 is 39.5 Å². The van der Waals surface area contributed by atoms with Crippen LogP contribution in [0.5, 0.6) is 0 Å². The molecule has 0 aliphatic rings. The minimum Gasteiger partial charge on any atom is -0.462 e. The molecule has 97 heavy (non-hydrogen) atoms. The summed E-state index contributed by atoms with van der Waals surface area (Å²) in [7, 11) is -9.91. The molecule has 0 heterocycles. The third-order valence-electron chi connectivity index (χ3n) is 18.4. The molecule has 0 saturated heterocycles. The first kappa shape index (κ1) is 95.1. The molecule has 0 rings (SSSR count). The predicted octanol–water partition coefficient (Wildman–Crippen LogP) is 22.8. The number of unbranched alkanes of at least 4 members (excludes halogenated alkanes) is 40. The molecule has 3 N–H and O–H groups in total. The highest BCUT2D eigenvalue weighted by Crippen LogP contribution is 2.45. The summed E-state index contributed by atoms with van der Waals surface area (Å²) >= 11 is 0. The van der Waals surface area contributed by atoms with Crippen LogP contribution in [0.1, 0.15) is 396 Å². The molecule has 0 amide bonds. The Hall–Kier alpha value is -1.94. The largest absolute Gasteiger partial charge is 0.472 e. The Balaban J connectivity index is 5.14. The van der Waals surface area contributed by atoms with E-state index in [0.29, 0.717) is 31.6 Å². The monoisotopic (exact) mass is 1420 g/mol. The van der Waals surface area contributed by atoms with Crippen LogP contribution in [0.25, 0.3) is 0 Å². The van der Waals surface area contributed by atoms with E-state index in [0.717, 1.165) is 114 Å².